The van der Waals surface area contributed by atoms with Crippen LogP contribution < -0.4 is 5.73 Å². The largest absolute Gasteiger partial charge is 0.366 e. The Kier molecular flexibility index (Phi) is 1.59. The van der Waals surface area contributed by atoms with Crippen LogP contribution >= 0.6 is 11.8 Å². The Morgan fingerprint density at radius 3 is 2.89 bits per heavy atom. The Morgan fingerprint density at radius 1 is 2.00 bits per heavy atom. The van der Waals surface area contributed by atoms with Gasteiger partial charge < -0.3 is 5.73 Å². The second-order valence-corrected chi connectivity index (χ2v) is 1.90. The molecule has 1 aliphatic rings. The molecule has 0 aromatic heterocycles. The van der Waals surface area contributed by atoms with Crippen LogP contribution in [0.4, 0.5) is 0 Å². The van der Waals surface area contributed by atoms with Gasteiger partial charge in [0.05, 0.1) is 11.8 Å². The number of nitrogens with zero attached hydrogens (tertiary/aromatic N) is 1. The molecule has 0 atom stereocenters. The molecular formula is C4H5ClN2O2. The van der Waals surface area contributed by atoms with Crippen molar-refractivity contribution in [3.05, 3.63) is 11.8 Å². The van der Waals surface area contributed by atoms with Crippen molar-refractivity contribution in [2.75, 3.05) is 6.61 Å². The Balaban J connectivity index is 2.62. The first kappa shape index (κ1) is 6.38. The summed E-state index contributed by atoms with van der Waals surface area (Å²) in [6.07, 6.45) is 1.34. The summed E-state index contributed by atoms with van der Waals surface area (Å²) in [6.45, 7) is 0.166. The fourth-order valence-corrected chi connectivity index (χ4v) is 0.630. The molecule has 0 fully saturated rings. The van der Waals surface area contributed by atoms with Crippen molar-refractivity contribution < 1.29 is 9.63 Å². The fraction of sp³-hybridized carbons (Fsp3) is 0.250. The van der Waals surface area contributed by atoms with E-state index in [-0.39, 0.29) is 6.61 Å². The molecule has 1 rings (SSSR count). The quantitative estimate of drug-likeness (QED) is 0.522. The van der Waals surface area contributed by atoms with E-state index in [1.165, 1.54) is 6.20 Å². The van der Waals surface area contributed by atoms with Crippen LogP contribution in [0.3, 0.4) is 0 Å². The number of carbonyl (C=O) groups is 1. The summed E-state index contributed by atoms with van der Waals surface area (Å²) in [5.74, 6) is -0.502. The first-order valence-corrected chi connectivity index (χ1v) is 2.62. The normalized spacial score (nSPS) is 17.9. The highest BCUT2D eigenvalue weighted by atomic mass is 35.5. The lowest BCUT2D eigenvalue weighted by Crippen LogP contribution is -2.14. The molecule has 1 amide bonds. The van der Waals surface area contributed by atoms with E-state index >= 15 is 0 Å². The Labute approximate surface area is 56.9 Å². The van der Waals surface area contributed by atoms with Gasteiger partial charge in [0.15, 0.2) is 0 Å². The molecule has 4 nitrogen and oxygen atoms in total. The van der Waals surface area contributed by atoms with Gasteiger partial charge >= 0.3 is 0 Å². The average molecular weight is 149 g/mol. The smallest absolute Gasteiger partial charge is 0.248 e. The van der Waals surface area contributed by atoms with Crippen molar-refractivity contribution in [3.63, 3.8) is 0 Å². The minimum atomic E-state index is -0.502. The van der Waals surface area contributed by atoms with Crippen molar-refractivity contribution in [2.24, 2.45) is 5.73 Å². The lowest BCUT2D eigenvalue weighted by Gasteiger charge is -1.97. The molecule has 2 N–H and O–H groups in total. The van der Waals surface area contributed by atoms with Gasteiger partial charge in [0.25, 0.3) is 0 Å². The highest BCUT2D eigenvalue weighted by Gasteiger charge is 2.14. The number of nitrogens with two attached hydrogens (primary N) is 1. The maximum absolute atomic E-state index is 10.3. The highest BCUT2D eigenvalue weighted by molar-refractivity contribution is 6.13. The number of halogens is 1. The minimum Gasteiger partial charge on any atom is -0.366 e. The van der Waals surface area contributed by atoms with Gasteiger partial charge in [0.2, 0.25) is 5.91 Å². The summed E-state index contributed by atoms with van der Waals surface area (Å²) in [5, 5.41) is 0. The number of primary amides is 1. The van der Waals surface area contributed by atoms with Gasteiger partial charge in [-0.05, 0) is 0 Å². The number of amides is 1. The highest BCUT2D eigenvalue weighted by Crippen LogP contribution is 2.11. The van der Waals surface area contributed by atoms with Crippen LogP contribution in [-0.4, -0.2) is 17.1 Å². The van der Waals surface area contributed by atoms with Gasteiger partial charge in [-0.2, -0.15) is 4.58 Å². The molecule has 5 heteroatoms. The van der Waals surface area contributed by atoms with Gasteiger partial charge in [-0.15, -0.1) is 0 Å². The molecule has 0 saturated carbocycles. The third-order valence-electron chi connectivity index (χ3n) is 0.917. The standard InChI is InChI=1S/C4H5ClN2O2/c5-7-1-3(2-9-7)4(6)8/h1H,2H2,(H2,6,8). The molecule has 1 heterocycles. The molecule has 9 heavy (non-hydrogen) atoms. The van der Waals surface area contributed by atoms with Gasteiger partial charge in [-0.3, -0.25) is 9.63 Å². The molecule has 0 radical (unpaired) electrons. The Bertz CT molecular complexity index is 168. The predicted molar refractivity (Wildman–Crippen MR) is 30.9 cm³/mol. The number of hydrogen-bond acceptors (Lipinski definition) is 3. The second kappa shape index (κ2) is 2.24. The van der Waals surface area contributed by atoms with Crippen molar-refractivity contribution in [1.29, 1.82) is 0 Å². The van der Waals surface area contributed by atoms with Crippen molar-refractivity contribution >= 4 is 17.7 Å². The van der Waals surface area contributed by atoms with Crippen molar-refractivity contribution in [2.45, 2.75) is 0 Å². The van der Waals surface area contributed by atoms with E-state index in [0.29, 0.717) is 5.57 Å². The minimum absolute atomic E-state index is 0.166. The maximum Gasteiger partial charge on any atom is 0.248 e. The summed E-state index contributed by atoms with van der Waals surface area (Å²) >= 11 is 5.28. The van der Waals surface area contributed by atoms with Crippen LogP contribution in [0.15, 0.2) is 11.8 Å². The van der Waals surface area contributed by atoms with Gasteiger partial charge in [-0.1, -0.05) is 0 Å². The predicted octanol–water partition coefficient (Wildman–Crippen LogP) is -0.243. The first-order chi connectivity index (χ1) is 4.20. The summed E-state index contributed by atoms with van der Waals surface area (Å²) < 4.78 is 0.931. The molecule has 0 aromatic carbocycles. The lowest BCUT2D eigenvalue weighted by molar-refractivity contribution is -0.115. The third-order valence-corrected chi connectivity index (χ3v) is 1.11. The molecule has 1 aliphatic heterocycles. The molecule has 0 bridgehead atoms. The molecule has 0 spiro atoms. The van der Waals surface area contributed by atoms with Gasteiger partial charge in [0.1, 0.15) is 6.61 Å². The molecule has 0 aromatic rings. The van der Waals surface area contributed by atoms with Crippen LogP contribution in [0.25, 0.3) is 0 Å². The lowest BCUT2D eigenvalue weighted by atomic mass is 10.3. The fourth-order valence-electron chi connectivity index (χ4n) is 0.463. The Hall–Kier alpha value is -0.740. The zero-order chi connectivity index (χ0) is 6.85. The van der Waals surface area contributed by atoms with Crippen LogP contribution in [0.5, 0.6) is 0 Å². The Morgan fingerprint density at radius 2 is 2.67 bits per heavy atom. The number of hydroxylamine groups is 1. The molecule has 0 aliphatic carbocycles. The van der Waals surface area contributed by atoms with Crippen LogP contribution in [0.1, 0.15) is 0 Å². The van der Waals surface area contributed by atoms with E-state index in [9.17, 15) is 4.79 Å². The maximum atomic E-state index is 10.3. The molecular weight excluding hydrogens is 144 g/mol. The molecule has 0 unspecified atom stereocenters. The van der Waals surface area contributed by atoms with E-state index in [0.717, 1.165) is 4.58 Å². The molecule has 50 valence electrons. The van der Waals surface area contributed by atoms with Gasteiger partial charge in [-0.25, -0.2) is 0 Å². The van der Waals surface area contributed by atoms with E-state index < -0.39 is 5.91 Å². The SMILES string of the molecule is NC(=O)C1=CN(Cl)OC1. The zero-order valence-electron chi connectivity index (χ0n) is 4.50. The topological polar surface area (TPSA) is 55.6 Å². The number of rotatable bonds is 1. The monoisotopic (exact) mass is 148 g/mol. The van der Waals surface area contributed by atoms with E-state index in [1.54, 1.807) is 0 Å². The van der Waals surface area contributed by atoms with E-state index in [1.807, 2.05) is 0 Å². The average Bonchev–Trinajstić information content (AvgIpc) is 2.14. The summed E-state index contributed by atoms with van der Waals surface area (Å²) in [5.41, 5.74) is 5.27. The van der Waals surface area contributed by atoms with Gasteiger partial charge in [0, 0.05) is 11.8 Å². The second-order valence-electron chi connectivity index (χ2n) is 1.56. The zero-order valence-corrected chi connectivity index (χ0v) is 5.26. The molecule has 0 saturated heterocycles. The van der Waals surface area contributed by atoms with Crippen LogP contribution in [0, 0.1) is 0 Å². The van der Waals surface area contributed by atoms with Crippen molar-refractivity contribution in [3.8, 4) is 0 Å². The van der Waals surface area contributed by atoms with Crippen molar-refractivity contribution in [1.82, 2.24) is 4.58 Å². The number of hydrogen-bond donors (Lipinski definition) is 1. The summed E-state index contributed by atoms with van der Waals surface area (Å²) in [7, 11) is 0. The van der Waals surface area contributed by atoms with E-state index in [2.05, 4.69) is 4.84 Å². The van der Waals surface area contributed by atoms with Crippen LogP contribution in [-0.2, 0) is 9.63 Å². The summed E-state index contributed by atoms with van der Waals surface area (Å²) in [6, 6.07) is 0. The number of carbonyl (C=O) groups excluding carboxylic acids is 1. The van der Waals surface area contributed by atoms with E-state index in [4.69, 9.17) is 17.5 Å². The first-order valence-electron chi connectivity index (χ1n) is 2.28. The van der Waals surface area contributed by atoms with Crippen LogP contribution in [0.2, 0.25) is 0 Å². The third kappa shape index (κ3) is 1.34. The summed E-state index contributed by atoms with van der Waals surface area (Å²) in [4.78, 5) is 15.0.